The van der Waals surface area contributed by atoms with Gasteiger partial charge in [-0.1, -0.05) is 6.07 Å². The van der Waals surface area contributed by atoms with Gasteiger partial charge in [-0.3, -0.25) is 19.6 Å². The zero-order valence-electron chi connectivity index (χ0n) is 15.2. The topological polar surface area (TPSA) is 79.3 Å². The molecule has 5 heterocycles. The predicted molar refractivity (Wildman–Crippen MR) is 98.7 cm³/mol. The van der Waals surface area contributed by atoms with Crippen LogP contribution in [0.2, 0.25) is 0 Å². The van der Waals surface area contributed by atoms with Gasteiger partial charge in [0.2, 0.25) is 5.91 Å². The van der Waals surface area contributed by atoms with Gasteiger partial charge in [-0.15, -0.1) is 0 Å². The third-order valence-corrected chi connectivity index (χ3v) is 5.42. The molecule has 0 aliphatic carbocycles. The lowest BCUT2D eigenvalue weighted by atomic mass is 9.94. The van der Waals surface area contributed by atoms with Gasteiger partial charge in [0, 0.05) is 56.4 Å². The molecule has 7 heteroatoms. The summed E-state index contributed by atoms with van der Waals surface area (Å²) in [7, 11) is 0. The molecule has 0 unspecified atom stereocenters. The molecular weight excluding hydrogens is 342 g/mol. The average molecular weight is 365 g/mol. The van der Waals surface area contributed by atoms with Gasteiger partial charge in [-0.2, -0.15) is 0 Å². The lowest BCUT2D eigenvalue weighted by Crippen LogP contribution is -2.47. The Bertz CT molecular complexity index is 799. The van der Waals surface area contributed by atoms with Crippen LogP contribution >= 0.6 is 0 Å². The normalized spacial score (nSPS) is 21.8. The van der Waals surface area contributed by atoms with E-state index in [0.717, 1.165) is 25.1 Å². The van der Waals surface area contributed by atoms with E-state index in [1.165, 1.54) is 12.4 Å². The van der Waals surface area contributed by atoms with E-state index >= 15 is 0 Å². The Morgan fingerprint density at radius 2 is 1.96 bits per heavy atom. The molecule has 0 saturated carbocycles. The van der Waals surface area contributed by atoms with Crippen molar-refractivity contribution in [3.63, 3.8) is 0 Å². The van der Waals surface area contributed by atoms with Crippen molar-refractivity contribution in [3.05, 3.63) is 54.4 Å². The Morgan fingerprint density at radius 3 is 2.74 bits per heavy atom. The number of pyridine rings is 1. The summed E-state index contributed by atoms with van der Waals surface area (Å²) in [6, 6.07) is 5.85. The summed E-state index contributed by atoms with van der Waals surface area (Å²) in [5.41, 5.74) is 1.30. The second kappa shape index (κ2) is 7.82. The van der Waals surface area contributed by atoms with Crippen molar-refractivity contribution < 1.29 is 9.59 Å². The van der Waals surface area contributed by atoms with Crippen LogP contribution in [-0.4, -0.2) is 62.2 Å². The van der Waals surface area contributed by atoms with Gasteiger partial charge in [0.25, 0.3) is 5.91 Å². The fourth-order valence-electron chi connectivity index (χ4n) is 4.05. The highest BCUT2D eigenvalue weighted by molar-refractivity contribution is 5.92. The van der Waals surface area contributed by atoms with Gasteiger partial charge in [-0.05, 0) is 37.3 Å². The summed E-state index contributed by atoms with van der Waals surface area (Å²) >= 11 is 0. The van der Waals surface area contributed by atoms with Crippen LogP contribution in [0, 0.1) is 5.92 Å². The number of hydrogen-bond acceptors (Lipinski definition) is 5. The molecule has 7 nitrogen and oxygen atoms in total. The largest absolute Gasteiger partial charge is 0.338 e. The Morgan fingerprint density at radius 1 is 1.04 bits per heavy atom. The molecule has 3 fully saturated rings. The van der Waals surface area contributed by atoms with E-state index in [1.807, 2.05) is 28.0 Å². The summed E-state index contributed by atoms with van der Waals surface area (Å²) in [5.74, 6) is 0.384. The number of fused-ring (bicyclic) bond motifs is 4. The monoisotopic (exact) mass is 365 g/mol. The molecule has 2 bridgehead atoms. The van der Waals surface area contributed by atoms with E-state index in [1.54, 1.807) is 12.4 Å². The first-order valence-electron chi connectivity index (χ1n) is 9.45. The molecule has 3 aliphatic heterocycles. The van der Waals surface area contributed by atoms with Crippen molar-refractivity contribution in [1.82, 2.24) is 24.8 Å². The summed E-state index contributed by atoms with van der Waals surface area (Å²) < 4.78 is 0. The Labute approximate surface area is 158 Å². The van der Waals surface area contributed by atoms with E-state index < -0.39 is 0 Å². The molecular formula is C20H23N5O2. The Kier molecular flexibility index (Phi) is 5.09. The molecule has 0 aromatic carbocycles. The number of aryl methyl sites for hydroxylation is 1. The SMILES string of the molecule is O=C(c1cnccn1)N1C[C@@H]2CC[C@H](C1)N(C(=O)CCc1ccccn1)C2. The van der Waals surface area contributed by atoms with Crippen LogP contribution in [0.3, 0.4) is 0 Å². The number of hydrogen-bond donors (Lipinski definition) is 0. The van der Waals surface area contributed by atoms with Gasteiger partial charge in [0.15, 0.2) is 0 Å². The minimum Gasteiger partial charge on any atom is -0.338 e. The van der Waals surface area contributed by atoms with E-state index in [0.29, 0.717) is 37.5 Å². The summed E-state index contributed by atoms with van der Waals surface area (Å²) in [6.07, 6.45) is 9.46. The van der Waals surface area contributed by atoms with Gasteiger partial charge < -0.3 is 9.80 Å². The summed E-state index contributed by atoms with van der Waals surface area (Å²) in [5, 5.41) is 0. The fraction of sp³-hybridized carbons (Fsp3) is 0.450. The van der Waals surface area contributed by atoms with Crippen LogP contribution in [0.5, 0.6) is 0 Å². The van der Waals surface area contributed by atoms with E-state index in [2.05, 4.69) is 15.0 Å². The molecule has 2 aromatic heterocycles. The van der Waals surface area contributed by atoms with Crippen molar-refractivity contribution in [1.29, 1.82) is 0 Å². The zero-order chi connectivity index (χ0) is 18.6. The first-order chi connectivity index (χ1) is 13.2. The maximum Gasteiger partial charge on any atom is 0.274 e. The Hall–Kier alpha value is -2.83. The quantitative estimate of drug-likeness (QED) is 0.822. The van der Waals surface area contributed by atoms with Crippen LogP contribution in [0.25, 0.3) is 0 Å². The van der Waals surface area contributed by atoms with Crippen LogP contribution in [0.1, 0.15) is 35.4 Å². The van der Waals surface area contributed by atoms with E-state index in [4.69, 9.17) is 0 Å². The second-order valence-corrected chi connectivity index (χ2v) is 7.27. The van der Waals surface area contributed by atoms with E-state index in [9.17, 15) is 9.59 Å². The molecule has 140 valence electrons. The Balaban J connectivity index is 1.42. The van der Waals surface area contributed by atoms with Gasteiger partial charge in [-0.25, -0.2) is 4.98 Å². The molecule has 27 heavy (non-hydrogen) atoms. The maximum absolute atomic E-state index is 12.8. The number of amides is 2. The van der Waals surface area contributed by atoms with Crippen molar-refractivity contribution >= 4 is 11.8 Å². The molecule has 2 amide bonds. The molecule has 0 N–H and O–H groups in total. The zero-order valence-corrected chi connectivity index (χ0v) is 15.2. The van der Waals surface area contributed by atoms with Gasteiger partial charge in [0.1, 0.15) is 5.69 Å². The minimum absolute atomic E-state index is 0.0839. The second-order valence-electron chi connectivity index (χ2n) is 7.27. The number of rotatable bonds is 4. The highest BCUT2D eigenvalue weighted by Gasteiger charge is 2.38. The number of carbonyl (C=O) groups is 2. The number of aromatic nitrogens is 3. The van der Waals surface area contributed by atoms with Crippen molar-refractivity contribution in [2.24, 2.45) is 5.92 Å². The van der Waals surface area contributed by atoms with Crippen LogP contribution in [0.4, 0.5) is 0 Å². The molecule has 2 atom stereocenters. The lowest BCUT2D eigenvalue weighted by Gasteiger charge is -2.36. The summed E-state index contributed by atoms with van der Waals surface area (Å²) in [6.45, 7) is 1.98. The number of carbonyl (C=O) groups excluding carboxylic acids is 2. The summed E-state index contributed by atoms with van der Waals surface area (Å²) in [4.78, 5) is 41.9. The van der Waals surface area contributed by atoms with Gasteiger partial charge in [0.05, 0.1) is 6.20 Å². The molecule has 3 aliphatic rings. The predicted octanol–water partition coefficient (Wildman–Crippen LogP) is 1.57. The highest BCUT2D eigenvalue weighted by atomic mass is 16.2. The minimum atomic E-state index is -0.0946. The van der Waals surface area contributed by atoms with Crippen LogP contribution in [0.15, 0.2) is 43.0 Å². The third kappa shape index (κ3) is 3.97. The smallest absolute Gasteiger partial charge is 0.274 e. The average Bonchev–Trinajstić information content (AvgIpc) is 3.05. The van der Waals surface area contributed by atoms with Crippen molar-refractivity contribution in [2.45, 2.75) is 31.7 Å². The standard InChI is InChI=1S/C20H23N5O2/c26-19(7-5-16-3-1-2-8-22-16)25-13-15-4-6-17(25)14-24(12-15)20(27)18-11-21-9-10-23-18/h1-3,8-11,15,17H,4-7,12-14H2/t15-,17+/m0/s1. The molecule has 5 rings (SSSR count). The first-order valence-corrected chi connectivity index (χ1v) is 9.45. The molecule has 3 saturated heterocycles. The third-order valence-electron chi connectivity index (χ3n) is 5.42. The van der Waals surface area contributed by atoms with Gasteiger partial charge >= 0.3 is 0 Å². The van der Waals surface area contributed by atoms with Crippen LogP contribution in [-0.2, 0) is 11.2 Å². The fourth-order valence-corrected chi connectivity index (χ4v) is 4.05. The number of nitrogens with zero attached hydrogens (tertiary/aromatic N) is 5. The molecule has 0 spiro atoms. The maximum atomic E-state index is 12.8. The van der Waals surface area contributed by atoms with Crippen molar-refractivity contribution in [3.8, 4) is 0 Å². The first kappa shape index (κ1) is 17.6. The van der Waals surface area contributed by atoms with E-state index in [-0.39, 0.29) is 17.9 Å². The number of piperidine rings is 1. The molecule has 0 radical (unpaired) electrons. The lowest BCUT2D eigenvalue weighted by molar-refractivity contribution is -0.135. The van der Waals surface area contributed by atoms with Crippen LogP contribution < -0.4 is 0 Å². The molecule has 2 aromatic rings. The highest BCUT2D eigenvalue weighted by Crippen LogP contribution is 2.29. The van der Waals surface area contributed by atoms with Crippen molar-refractivity contribution in [2.75, 3.05) is 19.6 Å².